The molecule has 0 saturated heterocycles. The molecule has 1 unspecified atom stereocenters. The topological polar surface area (TPSA) is 61.4 Å². The molecule has 0 radical (unpaired) electrons. The van der Waals surface area contributed by atoms with E-state index in [9.17, 15) is 9.59 Å². The minimum absolute atomic E-state index is 0.0275. The monoisotopic (exact) mass is 501 g/mol. The minimum Gasteiger partial charge on any atom is -0.374 e. The molecule has 0 saturated carbocycles. The summed E-state index contributed by atoms with van der Waals surface area (Å²) >= 11 is 0. The fourth-order valence-corrected chi connectivity index (χ4v) is 5.53. The number of anilines is 1. The predicted molar refractivity (Wildman–Crippen MR) is 152 cm³/mol. The molecule has 2 aliphatic heterocycles. The zero-order valence-electron chi connectivity index (χ0n) is 21.5. The van der Waals surface area contributed by atoms with Crippen LogP contribution in [0, 0.1) is 6.92 Å². The van der Waals surface area contributed by atoms with Crippen molar-refractivity contribution in [1.82, 2.24) is 10.2 Å². The molecule has 2 heterocycles. The van der Waals surface area contributed by atoms with Crippen LogP contribution in [-0.2, 0) is 0 Å². The van der Waals surface area contributed by atoms with Gasteiger partial charge in [-0.15, -0.1) is 0 Å². The molecular weight excluding hydrogens is 470 g/mol. The van der Waals surface area contributed by atoms with E-state index in [0.717, 1.165) is 42.6 Å². The molecule has 0 fully saturated rings. The highest BCUT2D eigenvalue weighted by atomic mass is 16.1. The Kier molecular flexibility index (Phi) is 6.42. The predicted octanol–water partition coefficient (Wildman–Crippen LogP) is 6.61. The number of allylic oxidation sites excluding steroid dienone is 3. The molecule has 3 aromatic carbocycles. The Morgan fingerprint density at radius 3 is 2.50 bits per heavy atom. The first-order chi connectivity index (χ1) is 18.6. The number of Topliss-reactive ketones (excluding diaryl/α,β-unsaturated/α-hetero) is 1. The molecule has 2 N–H and O–H groups in total. The molecule has 0 bridgehead atoms. The fraction of sp³-hybridized carbons (Fsp3) is 0.212. The molecule has 5 heteroatoms. The van der Waals surface area contributed by atoms with E-state index in [0.29, 0.717) is 16.8 Å². The van der Waals surface area contributed by atoms with Crippen LogP contribution in [0.3, 0.4) is 0 Å². The standard InChI is InChI=1S/C33H31N3O2/c1-22-12-14-23(15-13-22)27-8-2-3-9-28(27)33(38)34-25-18-16-24(17-19-25)32(37)30-21-26-7-6-20-36(26)31-11-5-4-10-29(31)35-30/h2-3,6-9,12-19,21,30,35H,4-5,10-11,20H2,1H3,(H,34,38). The fourth-order valence-electron chi connectivity index (χ4n) is 5.53. The average Bonchev–Trinajstić information content (AvgIpc) is 3.35. The quantitative estimate of drug-likeness (QED) is 0.386. The van der Waals surface area contributed by atoms with Gasteiger partial charge in [0.25, 0.3) is 5.91 Å². The first-order valence-corrected chi connectivity index (χ1v) is 13.3. The molecule has 0 spiro atoms. The molecule has 5 nitrogen and oxygen atoms in total. The van der Waals surface area contributed by atoms with E-state index in [-0.39, 0.29) is 11.7 Å². The van der Waals surface area contributed by atoms with Crippen LogP contribution in [-0.4, -0.2) is 29.2 Å². The first kappa shape index (κ1) is 24.0. The van der Waals surface area contributed by atoms with Crippen molar-refractivity contribution in [1.29, 1.82) is 0 Å². The third kappa shape index (κ3) is 4.68. The highest BCUT2D eigenvalue weighted by Gasteiger charge is 2.30. The van der Waals surface area contributed by atoms with Crippen molar-refractivity contribution in [3.63, 3.8) is 0 Å². The molecule has 190 valence electrons. The van der Waals surface area contributed by atoms with E-state index in [2.05, 4.69) is 27.7 Å². The number of nitrogens with zero attached hydrogens (tertiary/aromatic N) is 1. The van der Waals surface area contributed by atoms with E-state index < -0.39 is 6.04 Å². The smallest absolute Gasteiger partial charge is 0.256 e. The van der Waals surface area contributed by atoms with Crippen molar-refractivity contribution in [2.75, 3.05) is 11.9 Å². The lowest BCUT2D eigenvalue weighted by Gasteiger charge is -2.28. The van der Waals surface area contributed by atoms with Crippen LogP contribution >= 0.6 is 0 Å². The second-order valence-electron chi connectivity index (χ2n) is 10.2. The number of amides is 1. The Hall–Kier alpha value is -4.38. The summed E-state index contributed by atoms with van der Waals surface area (Å²) in [4.78, 5) is 29.1. The number of nitrogens with one attached hydrogen (secondary N) is 2. The Bertz CT molecular complexity index is 1480. The highest BCUT2D eigenvalue weighted by molar-refractivity contribution is 6.09. The van der Waals surface area contributed by atoms with Crippen LogP contribution in [0.2, 0.25) is 0 Å². The third-order valence-corrected chi connectivity index (χ3v) is 7.56. The zero-order valence-corrected chi connectivity index (χ0v) is 21.5. The van der Waals surface area contributed by atoms with Crippen LogP contribution in [0.5, 0.6) is 0 Å². The number of aryl methyl sites for hydroxylation is 1. The van der Waals surface area contributed by atoms with Gasteiger partial charge in [0, 0.05) is 40.5 Å². The maximum Gasteiger partial charge on any atom is 0.256 e. The van der Waals surface area contributed by atoms with Gasteiger partial charge in [0.2, 0.25) is 0 Å². The van der Waals surface area contributed by atoms with Crippen LogP contribution in [0.4, 0.5) is 5.69 Å². The zero-order chi connectivity index (χ0) is 26.1. The first-order valence-electron chi connectivity index (χ1n) is 13.3. The van der Waals surface area contributed by atoms with E-state index in [1.54, 1.807) is 24.3 Å². The summed E-state index contributed by atoms with van der Waals surface area (Å²) in [7, 11) is 0. The number of hydrogen-bond donors (Lipinski definition) is 2. The van der Waals surface area contributed by atoms with Gasteiger partial charge in [-0.3, -0.25) is 9.59 Å². The Labute approximate surface area is 223 Å². The number of hydrogen-bond acceptors (Lipinski definition) is 4. The normalized spacial score (nSPS) is 18.2. The van der Waals surface area contributed by atoms with E-state index in [4.69, 9.17) is 0 Å². The molecule has 38 heavy (non-hydrogen) atoms. The van der Waals surface area contributed by atoms with Crippen LogP contribution in [0.15, 0.2) is 108 Å². The lowest BCUT2D eigenvalue weighted by Crippen LogP contribution is -2.35. The van der Waals surface area contributed by atoms with Crippen molar-refractivity contribution in [3.05, 3.63) is 125 Å². The Morgan fingerprint density at radius 1 is 0.921 bits per heavy atom. The lowest BCUT2D eigenvalue weighted by molar-refractivity contribution is 0.0966. The lowest BCUT2D eigenvalue weighted by atomic mass is 9.98. The highest BCUT2D eigenvalue weighted by Crippen LogP contribution is 2.34. The van der Waals surface area contributed by atoms with Gasteiger partial charge in [-0.25, -0.2) is 0 Å². The number of ketones is 1. The molecule has 1 atom stereocenters. The SMILES string of the molecule is Cc1ccc(-c2ccccc2C(=O)Nc2ccc(C(=O)C3C=C4C=CCN4C4=C(CCCC4)N3)cc2)cc1. The van der Waals surface area contributed by atoms with Gasteiger partial charge in [0.05, 0.1) is 0 Å². The van der Waals surface area contributed by atoms with Crippen LogP contribution < -0.4 is 10.6 Å². The van der Waals surface area contributed by atoms with Crippen molar-refractivity contribution < 1.29 is 9.59 Å². The van der Waals surface area contributed by atoms with Gasteiger partial charge in [0.15, 0.2) is 5.78 Å². The number of carbonyl (C=O) groups excluding carboxylic acids is 2. The molecule has 3 aromatic rings. The molecule has 3 aliphatic rings. The van der Waals surface area contributed by atoms with Gasteiger partial charge in [-0.2, -0.15) is 0 Å². The third-order valence-electron chi connectivity index (χ3n) is 7.56. The van der Waals surface area contributed by atoms with Crippen molar-refractivity contribution >= 4 is 17.4 Å². The summed E-state index contributed by atoms with van der Waals surface area (Å²) < 4.78 is 0. The molecule has 1 amide bonds. The summed E-state index contributed by atoms with van der Waals surface area (Å²) in [5, 5.41) is 6.55. The molecule has 6 rings (SSSR count). The van der Waals surface area contributed by atoms with Gasteiger partial charge >= 0.3 is 0 Å². The summed E-state index contributed by atoms with van der Waals surface area (Å²) in [5.74, 6) is -0.153. The molecule has 0 aromatic heterocycles. The van der Waals surface area contributed by atoms with E-state index in [1.807, 2.05) is 61.5 Å². The Balaban J connectivity index is 1.20. The van der Waals surface area contributed by atoms with Gasteiger partial charge in [-0.1, -0.05) is 54.1 Å². The summed E-state index contributed by atoms with van der Waals surface area (Å²) in [6.07, 6.45) is 10.7. The van der Waals surface area contributed by atoms with Crippen LogP contribution in [0.25, 0.3) is 11.1 Å². The summed E-state index contributed by atoms with van der Waals surface area (Å²) in [5.41, 5.74) is 8.55. The average molecular weight is 502 g/mol. The summed E-state index contributed by atoms with van der Waals surface area (Å²) in [6, 6.07) is 22.6. The van der Waals surface area contributed by atoms with Crippen molar-refractivity contribution in [2.24, 2.45) is 0 Å². The van der Waals surface area contributed by atoms with Crippen LogP contribution in [0.1, 0.15) is 52.0 Å². The van der Waals surface area contributed by atoms with E-state index >= 15 is 0 Å². The van der Waals surface area contributed by atoms with Gasteiger partial charge < -0.3 is 15.5 Å². The largest absolute Gasteiger partial charge is 0.374 e. The Morgan fingerprint density at radius 2 is 1.68 bits per heavy atom. The summed E-state index contributed by atoms with van der Waals surface area (Å²) in [6.45, 7) is 2.92. The van der Waals surface area contributed by atoms with Gasteiger partial charge in [-0.05, 0) is 86.2 Å². The maximum atomic E-state index is 13.5. The van der Waals surface area contributed by atoms with Crippen molar-refractivity contribution in [3.8, 4) is 11.1 Å². The van der Waals surface area contributed by atoms with E-state index in [1.165, 1.54) is 23.4 Å². The second kappa shape index (κ2) is 10.2. The molecule has 1 aliphatic carbocycles. The van der Waals surface area contributed by atoms with Gasteiger partial charge in [0.1, 0.15) is 6.04 Å². The number of carbonyl (C=O) groups is 2. The molecular formula is C33H31N3O2. The van der Waals surface area contributed by atoms with Crippen molar-refractivity contribution in [2.45, 2.75) is 38.6 Å². The maximum absolute atomic E-state index is 13.5. The number of benzene rings is 3. The number of rotatable bonds is 5. The minimum atomic E-state index is -0.414. The second-order valence-corrected chi connectivity index (χ2v) is 10.2. The number of fused-ring (bicyclic) bond motifs is 2.